The minimum Gasteiger partial charge on any atom is -0.381 e. The Hall–Kier alpha value is -1.14. The van der Waals surface area contributed by atoms with Crippen LogP contribution in [0.1, 0.15) is 78.1 Å². The van der Waals surface area contributed by atoms with Gasteiger partial charge >= 0.3 is 0 Å². The molecule has 0 saturated carbocycles. The summed E-state index contributed by atoms with van der Waals surface area (Å²) >= 11 is 0. The number of nitrogens with one attached hydrogen (secondary N) is 2. The molecule has 2 N–H and O–H groups in total. The van der Waals surface area contributed by atoms with Gasteiger partial charge < -0.3 is 20.1 Å². The van der Waals surface area contributed by atoms with Crippen molar-refractivity contribution in [2.45, 2.75) is 78.1 Å². The van der Waals surface area contributed by atoms with Crippen LogP contribution in [0.3, 0.4) is 0 Å². The Kier molecular flexibility index (Phi) is 19.3. The molecule has 0 unspecified atom stereocenters. The number of rotatable bonds is 19. The maximum Gasteiger partial charge on any atom is 0.219 e. The van der Waals surface area contributed by atoms with Crippen LogP contribution in [0, 0.1) is 0 Å². The van der Waals surface area contributed by atoms with Gasteiger partial charge in [-0.3, -0.25) is 9.59 Å². The van der Waals surface area contributed by atoms with Crippen LogP contribution in [0.25, 0.3) is 0 Å². The zero-order chi connectivity index (χ0) is 19.3. The first-order valence-corrected chi connectivity index (χ1v) is 10.4. The third-order valence-corrected chi connectivity index (χ3v) is 3.92. The topological polar surface area (TPSA) is 76.7 Å². The van der Waals surface area contributed by atoms with Crippen molar-refractivity contribution in [1.82, 2.24) is 10.6 Å². The first kappa shape index (κ1) is 24.9. The molecule has 0 aromatic carbocycles. The Bertz CT molecular complexity index is 306. The second-order valence-corrected chi connectivity index (χ2v) is 6.55. The first-order valence-electron chi connectivity index (χ1n) is 10.4. The van der Waals surface area contributed by atoms with Gasteiger partial charge in [-0.15, -0.1) is 0 Å². The van der Waals surface area contributed by atoms with E-state index in [-0.39, 0.29) is 11.8 Å². The van der Waals surface area contributed by atoms with Gasteiger partial charge in [0.05, 0.1) is 0 Å². The third-order valence-electron chi connectivity index (χ3n) is 3.92. The van der Waals surface area contributed by atoms with Gasteiger partial charge in [-0.2, -0.15) is 0 Å². The van der Waals surface area contributed by atoms with Crippen molar-refractivity contribution in [2.24, 2.45) is 0 Å². The van der Waals surface area contributed by atoms with E-state index in [1.807, 2.05) is 0 Å². The molecular formula is C20H40N2O4. The Morgan fingerprint density at radius 2 is 1.00 bits per heavy atom. The van der Waals surface area contributed by atoms with Crippen LogP contribution >= 0.6 is 0 Å². The lowest BCUT2D eigenvalue weighted by Crippen LogP contribution is -2.26. The van der Waals surface area contributed by atoms with Crippen molar-refractivity contribution in [3.05, 3.63) is 0 Å². The second kappa shape index (κ2) is 20.2. The number of carbonyl (C=O) groups excluding carboxylic acids is 2. The fourth-order valence-corrected chi connectivity index (χ4v) is 2.25. The SMILES string of the molecule is CCCCOCCCNC(=O)CCCCC(=O)NCCCOCCCC. The summed E-state index contributed by atoms with van der Waals surface area (Å²) in [4.78, 5) is 23.4. The molecule has 0 saturated heterocycles. The van der Waals surface area contributed by atoms with Gasteiger partial charge in [0, 0.05) is 52.4 Å². The maximum absolute atomic E-state index is 11.7. The highest BCUT2D eigenvalue weighted by Crippen LogP contribution is 2.00. The summed E-state index contributed by atoms with van der Waals surface area (Å²) < 4.78 is 10.9. The monoisotopic (exact) mass is 372 g/mol. The van der Waals surface area contributed by atoms with Gasteiger partial charge in [0.1, 0.15) is 0 Å². The van der Waals surface area contributed by atoms with Gasteiger partial charge in [0.15, 0.2) is 0 Å². The first-order chi connectivity index (χ1) is 12.7. The van der Waals surface area contributed by atoms with Crippen LogP contribution in [0.5, 0.6) is 0 Å². The van der Waals surface area contributed by atoms with Crippen molar-refractivity contribution in [3.63, 3.8) is 0 Å². The van der Waals surface area contributed by atoms with Crippen molar-refractivity contribution >= 4 is 11.8 Å². The molecule has 0 spiro atoms. The van der Waals surface area contributed by atoms with Gasteiger partial charge in [-0.1, -0.05) is 26.7 Å². The lowest BCUT2D eigenvalue weighted by molar-refractivity contribution is -0.123. The van der Waals surface area contributed by atoms with E-state index in [1.54, 1.807) is 0 Å². The molecule has 0 aromatic rings. The summed E-state index contributed by atoms with van der Waals surface area (Å²) in [5.41, 5.74) is 0. The summed E-state index contributed by atoms with van der Waals surface area (Å²) in [5, 5.41) is 5.78. The van der Waals surface area contributed by atoms with Gasteiger partial charge in [-0.25, -0.2) is 0 Å². The summed E-state index contributed by atoms with van der Waals surface area (Å²) in [6.45, 7) is 8.60. The molecule has 6 nitrogen and oxygen atoms in total. The molecule has 0 aromatic heterocycles. The summed E-state index contributed by atoms with van der Waals surface area (Å²) in [7, 11) is 0. The Morgan fingerprint density at radius 1 is 0.615 bits per heavy atom. The molecule has 0 fully saturated rings. The predicted molar refractivity (Wildman–Crippen MR) is 105 cm³/mol. The highest BCUT2D eigenvalue weighted by molar-refractivity contribution is 5.77. The molecule has 0 rings (SSSR count). The Morgan fingerprint density at radius 3 is 1.38 bits per heavy atom. The van der Waals surface area contributed by atoms with E-state index in [0.29, 0.717) is 39.1 Å². The molecule has 0 aliphatic heterocycles. The van der Waals surface area contributed by atoms with Crippen LogP contribution in [-0.2, 0) is 19.1 Å². The van der Waals surface area contributed by atoms with Crippen molar-refractivity contribution in [1.29, 1.82) is 0 Å². The zero-order valence-corrected chi connectivity index (χ0v) is 16.9. The molecule has 2 amide bonds. The molecule has 26 heavy (non-hydrogen) atoms. The molecule has 0 heterocycles. The van der Waals surface area contributed by atoms with E-state index >= 15 is 0 Å². The van der Waals surface area contributed by atoms with Crippen molar-refractivity contribution < 1.29 is 19.1 Å². The fraction of sp³-hybridized carbons (Fsp3) is 0.900. The van der Waals surface area contributed by atoms with Gasteiger partial charge in [0.2, 0.25) is 11.8 Å². The minimum absolute atomic E-state index is 0.0585. The van der Waals surface area contributed by atoms with Crippen LogP contribution in [0.4, 0.5) is 0 Å². The van der Waals surface area contributed by atoms with Gasteiger partial charge in [0.25, 0.3) is 0 Å². The number of hydrogen-bond acceptors (Lipinski definition) is 4. The molecule has 0 radical (unpaired) electrons. The summed E-state index contributed by atoms with van der Waals surface area (Å²) in [6.07, 6.45) is 8.60. The van der Waals surface area contributed by atoms with Crippen LogP contribution < -0.4 is 10.6 Å². The molecule has 0 bridgehead atoms. The largest absolute Gasteiger partial charge is 0.381 e. The molecule has 0 aliphatic carbocycles. The highest BCUT2D eigenvalue weighted by atomic mass is 16.5. The van der Waals surface area contributed by atoms with Crippen LogP contribution in [0.2, 0.25) is 0 Å². The summed E-state index contributed by atoms with van der Waals surface area (Å²) in [6, 6.07) is 0. The van der Waals surface area contributed by atoms with Gasteiger partial charge in [-0.05, 0) is 38.5 Å². The number of amides is 2. The smallest absolute Gasteiger partial charge is 0.219 e. The molecule has 154 valence electrons. The average Bonchev–Trinajstić information content (AvgIpc) is 2.64. The van der Waals surface area contributed by atoms with E-state index in [1.165, 1.54) is 0 Å². The highest BCUT2D eigenvalue weighted by Gasteiger charge is 2.04. The maximum atomic E-state index is 11.7. The van der Waals surface area contributed by atoms with E-state index < -0.39 is 0 Å². The quantitative estimate of drug-likeness (QED) is 0.341. The summed E-state index contributed by atoms with van der Waals surface area (Å²) in [5.74, 6) is 0.117. The zero-order valence-electron chi connectivity index (χ0n) is 16.9. The van der Waals surface area contributed by atoms with Crippen LogP contribution in [-0.4, -0.2) is 51.3 Å². The standard InChI is InChI=1S/C20H40N2O4/c1-3-5-15-25-17-9-13-21-19(23)11-7-8-12-20(24)22-14-10-18-26-16-6-4-2/h3-18H2,1-2H3,(H,21,23)(H,22,24). The predicted octanol–water partition coefficient (Wildman–Crippen LogP) is 3.19. The number of hydrogen-bond donors (Lipinski definition) is 2. The van der Waals surface area contributed by atoms with Crippen molar-refractivity contribution in [2.75, 3.05) is 39.5 Å². The lowest BCUT2D eigenvalue weighted by Gasteiger charge is -2.07. The lowest BCUT2D eigenvalue weighted by atomic mass is 10.2. The Balaban J connectivity index is 3.31. The molecule has 0 aliphatic rings. The minimum atomic E-state index is 0.0585. The van der Waals surface area contributed by atoms with Crippen LogP contribution in [0.15, 0.2) is 0 Å². The number of carbonyl (C=O) groups is 2. The third kappa shape index (κ3) is 19.2. The molecule has 6 heteroatoms. The normalized spacial score (nSPS) is 10.7. The van der Waals surface area contributed by atoms with E-state index in [9.17, 15) is 9.59 Å². The number of unbranched alkanes of at least 4 members (excludes halogenated alkanes) is 3. The van der Waals surface area contributed by atoms with Crippen molar-refractivity contribution in [3.8, 4) is 0 Å². The second-order valence-electron chi connectivity index (χ2n) is 6.55. The number of ether oxygens (including phenoxy) is 2. The Labute approximate surface area is 159 Å². The molecular weight excluding hydrogens is 332 g/mol. The van der Waals surface area contributed by atoms with E-state index in [4.69, 9.17) is 9.47 Å². The molecule has 0 atom stereocenters. The van der Waals surface area contributed by atoms with E-state index in [2.05, 4.69) is 24.5 Å². The average molecular weight is 373 g/mol. The fourth-order valence-electron chi connectivity index (χ4n) is 2.25. The van der Waals surface area contributed by atoms with E-state index in [0.717, 1.165) is 64.6 Å².